The van der Waals surface area contributed by atoms with Gasteiger partial charge in [0.1, 0.15) is 11.6 Å². The van der Waals surface area contributed by atoms with E-state index < -0.39 is 5.82 Å². The smallest absolute Gasteiger partial charge is 0.254 e. The maximum atomic E-state index is 13.7. The van der Waals surface area contributed by atoms with E-state index in [1.165, 1.54) is 12.1 Å². The molecule has 0 unspecified atom stereocenters. The van der Waals surface area contributed by atoms with Crippen LogP contribution in [0.15, 0.2) is 42.5 Å². The van der Waals surface area contributed by atoms with E-state index in [1.54, 1.807) is 30.6 Å². The van der Waals surface area contributed by atoms with Crippen molar-refractivity contribution in [3.05, 3.63) is 53.8 Å². The predicted molar refractivity (Wildman–Crippen MR) is 114 cm³/mol. The van der Waals surface area contributed by atoms with Gasteiger partial charge in [-0.15, -0.1) is 0 Å². The first kappa shape index (κ1) is 19.6. The Morgan fingerprint density at radius 2 is 2.00 bits per heavy atom. The van der Waals surface area contributed by atoms with Crippen LogP contribution < -0.4 is 15.0 Å². The molecule has 152 valence electrons. The number of carbonyl (C=O) groups excluding carboxylic acids is 1. The summed E-state index contributed by atoms with van der Waals surface area (Å²) in [6.07, 6.45) is 0. The molecular formula is C21H23FN4O2S. The predicted octanol–water partition coefficient (Wildman–Crippen LogP) is 3.00. The SMILES string of the molecule is COc1ccc2nc(N3CCN(CCNC(=O)c4ccccc4F)CC3)sc2c1. The van der Waals surface area contributed by atoms with Crippen LogP contribution in [0.3, 0.4) is 0 Å². The molecular weight excluding hydrogens is 391 g/mol. The number of aromatic nitrogens is 1. The van der Waals surface area contributed by atoms with E-state index in [9.17, 15) is 9.18 Å². The molecule has 0 bridgehead atoms. The van der Waals surface area contributed by atoms with Crippen molar-refractivity contribution in [2.24, 2.45) is 0 Å². The minimum absolute atomic E-state index is 0.0878. The quantitative estimate of drug-likeness (QED) is 0.672. The van der Waals surface area contributed by atoms with Crippen molar-refractivity contribution in [3.63, 3.8) is 0 Å². The summed E-state index contributed by atoms with van der Waals surface area (Å²) in [7, 11) is 1.67. The Kier molecular flexibility index (Phi) is 5.92. The van der Waals surface area contributed by atoms with Gasteiger partial charge in [-0.1, -0.05) is 23.5 Å². The van der Waals surface area contributed by atoms with Crippen LogP contribution in [-0.2, 0) is 0 Å². The molecule has 0 radical (unpaired) electrons. The zero-order valence-corrected chi connectivity index (χ0v) is 17.0. The molecule has 3 aromatic rings. The number of carbonyl (C=O) groups is 1. The van der Waals surface area contributed by atoms with Gasteiger partial charge in [0.25, 0.3) is 5.91 Å². The highest BCUT2D eigenvalue weighted by Crippen LogP contribution is 2.31. The Balaban J connectivity index is 1.26. The average molecular weight is 415 g/mol. The zero-order chi connectivity index (χ0) is 20.2. The lowest BCUT2D eigenvalue weighted by atomic mass is 10.2. The molecule has 1 aliphatic rings. The summed E-state index contributed by atoms with van der Waals surface area (Å²) >= 11 is 1.68. The highest BCUT2D eigenvalue weighted by atomic mass is 32.1. The number of amides is 1. The molecule has 1 fully saturated rings. The third-order valence-corrected chi connectivity index (χ3v) is 6.14. The van der Waals surface area contributed by atoms with Gasteiger partial charge in [-0.3, -0.25) is 9.69 Å². The van der Waals surface area contributed by atoms with Crippen molar-refractivity contribution in [1.29, 1.82) is 0 Å². The minimum atomic E-state index is -0.493. The number of nitrogens with one attached hydrogen (secondary N) is 1. The zero-order valence-electron chi connectivity index (χ0n) is 16.2. The van der Waals surface area contributed by atoms with E-state index in [0.29, 0.717) is 6.54 Å². The molecule has 1 aliphatic heterocycles. The number of hydrogen-bond acceptors (Lipinski definition) is 6. The molecule has 1 aromatic heterocycles. The average Bonchev–Trinajstić information content (AvgIpc) is 3.17. The monoisotopic (exact) mass is 414 g/mol. The Morgan fingerprint density at radius 1 is 1.21 bits per heavy atom. The molecule has 2 aromatic carbocycles. The van der Waals surface area contributed by atoms with E-state index in [0.717, 1.165) is 53.8 Å². The number of methoxy groups -OCH3 is 1. The summed E-state index contributed by atoms with van der Waals surface area (Å²) in [6, 6.07) is 12.0. The topological polar surface area (TPSA) is 57.7 Å². The highest BCUT2D eigenvalue weighted by Gasteiger charge is 2.20. The number of nitrogens with zero attached hydrogens (tertiary/aromatic N) is 3. The number of fused-ring (bicyclic) bond motifs is 1. The van der Waals surface area contributed by atoms with Crippen molar-refractivity contribution < 1.29 is 13.9 Å². The van der Waals surface area contributed by atoms with Crippen LogP contribution in [0.1, 0.15) is 10.4 Å². The Morgan fingerprint density at radius 3 is 2.76 bits per heavy atom. The second-order valence-electron chi connectivity index (χ2n) is 6.89. The summed E-state index contributed by atoms with van der Waals surface area (Å²) in [5, 5.41) is 3.83. The second-order valence-corrected chi connectivity index (χ2v) is 7.90. The van der Waals surface area contributed by atoms with Crippen molar-refractivity contribution in [2.75, 3.05) is 51.3 Å². The van der Waals surface area contributed by atoms with Crippen molar-refractivity contribution >= 4 is 32.6 Å². The van der Waals surface area contributed by atoms with E-state index in [1.807, 2.05) is 18.2 Å². The molecule has 0 atom stereocenters. The van der Waals surface area contributed by atoms with Gasteiger partial charge in [-0.25, -0.2) is 9.37 Å². The molecule has 1 N–H and O–H groups in total. The fourth-order valence-electron chi connectivity index (χ4n) is 3.39. The fraction of sp³-hybridized carbons (Fsp3) is 0.333. The molecule has 0 saturated carbocycles. The van der Waals surface area contributed by atoms with Gasteiger partial charge in [0.15, 0.2) is 5.13 Å². The number of ether oxygens (including phenoxy) is 1. The first-order valence-electron chi connectivity index (χ1n) is 9.58. The molecule has 0 spiro atoms. The maximum absolute atomic E-state index is 13.7. The van der Waals surface area contributed by atoms with Gasteiger partial charge in [-0.05, 0) is 30.3 Å². The Hall–Kier alpha value is -2.71. The maximum Gasteiger partial charge on any atom is 0.254 e. The van der Waals surface area contributed by atoms with E-state index in [-0.39, 0.29) is 11.5 Å². The highest BCUT2D eigenvalue weighted by molar-refractivity contribution is 7.22. The summed E-state index contributed by atoms with van der Waals surface area (Å²) in [5.41, 5.74) is 1.08. The lowest BCUT2D eigenvalue weighted by Gasteiger charge is -2.34. The fourth-order valence-corrected chi connectivity index (χ4v) is 4.43. The number of thiazole rings is 1. The summed E-state index contributed by atoms with van der Waals surface area (Å²) < 4.78 is 20.1. The molecule has 1 amide bonds. The summed E-state index contributed by atoms with van der Waals surface area (Å²) in [5.74, 6) is -0.0198. The van der Waals surface area contributed by atoms with Crippen molar-refractivity contribution in [3.8, 4) is 5.75 Å². The lowest BCUT2D eigenvalue weighted by Crippen LogP contribution is -2.48. The third-order valence-electron chi connectivity index (χ3n) is 5.06. The number of hydrogen-bond donors (Lipinski definition) is 1. The van der Waals surface area contributed by atoms with Crippen molar-refractivity contribution in [1.82, 2.24) is 15.2 Å². The van der Waals surface area contributed by atoms with Crippen molar-refractivity contribution in [2.45, 2.75) is 0 Å². The third kappa shape index (κ3) is 4.49. The van der Waals surface area contributed by atoms with Crippen LogP contribution in [0.25, 0.3) is 10.2 Å². The van der Waals surface area contributed by atoms with Gasteiger partial charge < -0.3 is 15.0 Å². The van der Waals surface area contributed by atoms with Crippen LogP contribution in [0, 0.1) is 5.82 Å². The van der Waals surface area contributed by atoms with Crippen LogP contribution >= 0.6 is 11.3 Å². The molecule has 29 heavy (non-hydrogen) atoms. The molecule has 2 heterocycles. The van der Waals surface area contributed by atoms with E-state index in [4.69, 9.17) is 9.72 Å². The van der Waals surface area contributed by atoms with Crippen LogP contribution in [-0.4, -0.2) is 62.2 Å². The van der Waals surface area contributed by atoms with Gasteiger partial charge in [0.05, 0.1) is 22.9 Å². The minimum Gasteiger partial charge on any atom is -0.497 e. The van der Waals surface area contributed by atoms with Crippen LogP contribution in [0.4, 0.5) is 9.52 Å². The van der Waals surface area contributed by atoms with E-state index >= 15 is 0 Å². The number of benzene rings is 2. The molecule has 8 heteroatoms. The number of halogens is 1. The Bertz CT molecular complexity index is 1000. The lowest BCUT2D eigenvalue weighted by molar-refractivity contribution is 0.0943. The van der Waals surface area contributed by atoms with Gasteiger partial charge >= 0.3 is 0 Å². The van der Waals surface area contributed by atoms with E-state index in [2.05, 4.69) is 15.1 Å². The standard InChI is InChI=1S/C21H23FN4O2S/c1-28-15-6-7-18-19(14-15)29-21(24-18)26-12-10-25(11-13-26)9-8-23-20(27)16-4-2-3-5-17(16)22/h2-7,14H,8-13H2,1H3,(H,23,27). The Labute approximate surface area is 172 Å². The van der Waals surface area contributed by atoms with Gasteiger partial charge in [0.2, 0.25) is 0 Å². The molecule has 4 rings (SSSR count). The largest absolute Gasteiger partial charge is 0.497 e. The number of anilines is 1. The normalized spacial score (nSPS) is 14.9. The first-order valence-corrected chi connectivity index (χ1v) is 10.4. The van der Waals surface area contributed by atoms with Crippen LogP contribution in [0.2, 0.25) is 0 Å². The second kappa shape index (κ2) is 8.75. The molecule has 6 nitrogen and oxygen atoms in total. The summed E-state index contributed by atoms with van der Waals surface area (Å²) in [4.78, 5) is 21.4. The first-order chi connectivity index (χ1) is 14.1. The van der Waals surface area contributed by atoms with Crippen LogP contribution in [0.5, 0.6) is 5.75 Å². The van der Waals surface area contributed by atoms with Gasteiger partial charge in [-0.2, -0.15) is 0 Å². The number of rotatable bonds is 6. The van der Waals surface area contributed by atoms with Gasteiger partial charge in [0, 0.05) is 39.3 Å². The summed E-state index contributed by atoms with van der Waals surface area (Å²) in [6.45, 7) is 4.80. The number of piperazine rings is 1. The molecule has 0 aliphatic carbocycles. The molecule has 1 saturated heterocycles.